The molecule has 0 amide bonds. The molecule has 1 N–H and O–H groups in total. The van der Waals surface area contributed by atoms with Crippen molar-refractivity contribution in [3.63, 3.8) is 0 Å². The summed E-state index contributed by atoms with van der Waals surface area (Å²) in [7, 11) is -3.55. The zero-order valence-corrected chi connectivity index (χ0v) is 15.4. The molecule has 3 rings (SSSR count). The maximum Gasteiger partial charge on any atom is 0.312 e. The molecule has 0 saturated carbocycles. The molecule has 29 heavy (non-hydrogen) atoms. The number of nitrogens with zero attached hydrogens (tertiary/aromatic N) is 3. The van der Waals surface area contributed by atoms with Crippen molar-refractivity contribution in [1.29, 1.82) is 5.26 Å². The highest BCUT2D eigenvalue weighted by Gasteiger charge is 2.58. The molecule has 0 heterocycles. The fourth-order valence-electron chi connectivity index (χ4n) is 3.01. The van der Waals surface area contributed by atoms with Crippen LogP contribution in [0, 0.1) is 23.8 Å². The number of aliphatic hydroxyl groups is 1. The Morgan fingerprint density at radius 2 is 2.03 bits per heavy atom. The molecule has 0 bridgehead atoms. The quantitative estimate of drug-likeness (QED) is 0.435. The number of ether oxygens (including phenoxy) is 1. The van der Waals surface area contributed by atoms with Crippen molar-refractivity contribution in [3.8, 4) is 17.7 Å². The predicted molar refractivity (Wildman–Crippen MR) is 93.3 cm³/mol. The van der Waals surface area contributed by atoms with E-state index >= 15 is 0 Å². The lowest BCUT2D eigenvalue weighted by atomic mass is 10.1. The zero-order valence-electron chi connectivity index (χ0n) is 14.6. The van der Waals surface area contributed by atoms with E-state index in [1.807, 2.05) is 0 Å². The van der Waals surface area contributed by atoms with E-state index in [4.69, 9.17) is 16.6 Å². The zero-order chi connectivity index (χ0) is 21.6. The summed E-state index contributed by atoms with van der Waals surface area (Å²) in [6.07, 6.45) is -3.39. The molecule has 2 aromatic carbocycles. The van der Waals surface area contributed by atoms with E-state index in [-0.39, 0.29) is 11.4 Å². The third-order valence-electron chi connectivity index (χ3n) is 4.27. The molecule has 0 aliphatic heterocycles. The molecule has 1 aliphatic rings. The summed E-state index contributed by atoms with van der Waals surface area (Å²) in [6.45, 7) is 6.93. The molecule has 0 fully saturated rings. The Hall–Kier alpha value is -3.15. The van der Waals surface area contributed by atoms with Gasteiger partial charge in [0.2, 0.25) is 6.19 Å². The lowest BCUT2D eigenvalue weighted by molar-refractivity contribution is -0.143. The molecule has 0 spiro atoms. The van der Waals surface area contributed by atoms with E-state index in [1.54, 1.807) is 0 Å². The number of hydrogen-bond acceptors (Lipinski definition) is 5. The Morgan fingerprint density at radius 1 is 1.34 bits per heavy atom. The second-order valence-corrected chi connectivity index (χ2v) is 8.41. The van der Waals surface area contributed by atoms with E-state index < -0.39 is 55.5 Å². The van der Waals surface area contributed by atoms with Gasteiger partial charge in [0.25, 0.3) is 0 Å². The minimum Gasteiger partial charge on any atom is -0.458 e. The van der Waals surface area contributed by atoms with Crippen LogP contribution in [0.4, 0.5) is 23.2 Å². The van der Waals surface area contributed by atoms with E-state index in [0.717, 1.165) is 36.6 Å². The van der Waals surface area contributed by atoms with Crippen LogP contribution >= 0.6 is 0 Å². The van der Waals surface area contributed by atoms with Crippen molar-refractivity contribution in [2.24, 2.45) is 4.36 Å². The van der Waals surface area contributed by atoms with Gasteiger partial charge in [-0.25, -0.2) is 17.8 Å². The van der Waals surface area contributed by atoms with Gasteiger partial charge in [0, 0.05) is 23.4 Å². The molecule has 2 aromatic rings. The monoisotopic (exact) mass is 425 g/mol. The Bertz CT molecular complexity index is 1210. The summed E-state index contributed by atoms with van der Waals surface area (Å²) >= 11 is 0. The van der Waals surface area contributed by atoms with Crippen molar-refractivity contribution in [2.45, 2.75) is 23.1 Å². The van der Waals surface area contributed by atoms with Crippen LogP contribution in [0.3, 0.4) is 0 Å². The van der Waals surface area contributed by atoms with Crippen LogP contribution < -0.4 is 4.74 Å². The first-order valence-corrected chi connectivity index (χ1v) is 9.78. The van der Waals surface area contributed by atoms with Gasteiger partial charge in [-0.3, -0.25) is 0 Å². The molecular weight excluding hydrogens is 414 g/mol. The molecule has 11 heteroatoms. The first kappa shape index (κ1) is 20.6. The van der Waals surface area contributed by atoms with Crippen LogP contribution in [0.5, 0.6) is 11.5 Å². The topological polar surface area (TPSA) is 87.0 Å². The van der Waals surface area contributed by atoms with Crippen LogP contribution in [0.2, 0.25) is 0 Å². The summed E-state index contributed by atoms with van der Waals surface area (Å²) in [6, 6.07) is 4.91. The van der Waals surface area contributed by atoms with Gasteiger partial charge in [-0.1, -0.05) is 0 Å². The Balaban J connectivity index is 2.25. The van der Waals surface area contributed by atoms with Crippen molar-refractivity contribution in [2.75, 3.05) is 6.26 Å². The van der Waals surface area contributed by atoms with E-state index in [2.05, 4.69) is 9.21 Å². The highest BCUT2D eigenvalue weighted by molar-refractivity contribution is 7.93. The summed E-state index contributed by atoms with van der Waals surface area (Å²) in [5, 5.41) is 18.7. The summed E-state index contributed by atoms with van der Waals surface area (Å²) in [5.41, 5.74) is -1.62. The Kier molecular flexibility index (Phi) is 4.99. The van der Waals surface area contributed by atoms with Crippen LogP contribution in [0.15, 0.2) is 39.6 Å². The van der Waals surface area contributed by atoms with Gasteiger partial charge in [0.05, 0.1) is 21.2 Å². The minimum absolute atomic E-state index is 0.139. The average Bonchev–Trinajstić information content (AvgIpc) is 2.82. The fourth-order valence-corrected chi connectivity index (χ4v) is 4.21. The van der Waals surface area contributed by atoms with Gasteiger partial charge in [0.15, 0.2) is 11.9 Å². The fraction of sp³-hybridized carbons (Fsp3) is 0.222. The molecule has 3 atom stereocenters. The van der Waals surface area contributed by atoms with Crippen molar-refractivity contribution >= 4 is 15.4 Å². The molecule has 0 radical (unpaired) electrons. The summed E-state index contributed by atoms with van der Waals surface area (Å²) < 4.78 is 77.8. The van der Waals surface area contributed by atoms with E-state index in [0.29, 0.717) is 0 Å². The first-order chi connectivity index (χ1) is 13.5. The number of fused-ring (bicyclic) bond motifs is 1. The highest BCUT2D eigenvalue weighted by Crippen LogP contribution is 2.57. The lowest BCUT2D eigenvalue weighted by Crippen LogP contribution is -2.24. The molecule has 0 saturated heterocycles. The van der Waals surface area contributed by atoms with Crippen LogP contribution in [0.1, 0.15) is 23.4 Å². The van der Waals surface area contributed by atoms with Gasteiger partial charge >= 0.3 is 5.92 Å². The number of benzene rings is 2. The number of alkyl halides is 3. The van der Waals surface area contributed by atoms with Crippen LogP contribution in [-0.2, 0) is 9.73 Å². The smallest absolute Gasteiger partial charge is 0.312 e. The largest absolute Gasteiger partial charge is 0.458 e. The van der Waals surface area contributed by atoms with Crippen LogP contribution in [0.25, 0.3) is 4.85 Å². The lowest BCUT2D eigenvalue weighted by Gasteiger charge is -2.16. The molecule has 1 aliphatic carbocycles. The van der Waals surface area contributed by atoms with Crippen molar-refractivity contribution in [1.82, 2.24) is 0 Å². The molecule has 150 valence electrons. The molecular formula is C18H11F4N3O3S. The maximum absolute atomic E-state index is 14.6. The van der Waals surface area contributed by atoms with Crippen molar-refractivity contribution < 1.29 is 31.6 Å². The normalized spacial score (nSPS) is 21.4. The number of aliphatic hydroxyl groups excluding tert-OH is 1. The minimum atomic E-state index is -4.26. The maximum atomic E-state index is 14.6. The third kappa shape index (κ3) is 3.39. The molecule has 1 unspecified atom stereocenters. The molecule has 6 nitrogen and oxygen atoms in total. The van der Waals surface area contributed by atoms with Gasteiger partial charge < -0.3 is 9.84 Å². The SMILES string of the molecule is [C-]#[N+]c1cc(F)cc(Oc2ccc(S(C)(=O)=NC#N)c3c2[C@@H](F)C(F)(F)[C@@H]3O)c1. The molecule has 0 aromatic heterocycles. The average molecular weight is 425 g/mol. The Labute approximate surface area is 163 Å². The van der Waals surface area contributed by atoms with Crippen molar-refractivity contribution in [3.05, 3.63) is 58.7 Å². The number of rotatable bonds is 3. The second kappa shape index (κ2) is 7.03. The van der Waals surface area contributed by atoms with Gasteiger partial charge in [-0.15, -0.1) is 4.36 Å². The highest BCUT2D eigenvalue weighted by atomic mass is 32.2. The number of nitriles is 1. The predicted octanol–water partition coefficient (Wildman–Crippen LogP) is 4.80. The summed E-state index contributed by atoms with van der Waals surface area (Å²) in [5.74, 6) is -5.85. The second-order valence-electron chi connectivity index (χ2n) is 6.18. The van der Waals surface area contributed by atoms with Gasteiger partial charge in [0.1, 0.15) is 23.4 Å². The number of hydrogen-bond donors (Lipinski definition) is 1. The van der Waals surface area contributed by atoms with Gasteiger partial charge in [-0.05, 0) is 24.3 Å². The van der Waals surface area contributed by atoms with E-state index in [9.17, 15) is 26.9 Å². The van der Waals surface area contributed by atoms with Crippen LogP contribution in [-0.4, -0.2) is 21.5 Å². The summed E-state index contributed by atoms with van der Waals surface area (Å²) in [4.78, 5) is 2.60. The van der Waals surface area contributed by atoms with Gasteiger partial charge in [-0.2, -0.15) is 14.0 Å². The standard InChI is InChI=1S/C18H11F4N3O3S/c1-24-10-5-9(19)6-11(7-10)28-12-3-4-13(29(2,27)25-8-23)15-14(12)16(20)18(21,22)17(15)26/h3-7,16-17,26H,2H3/t16-,17-,29?/m1/s1. The van der Waals surface area contributed by atoms with E-state index in [1.165, 1.54) is 6.19 Å². The third-order valence-corrected chi connectivity index (χ3v) is 5.87. The Morgan fingerprint density at radius 3 is 2.66 bits per heavy atom. The first-order valence-electron chi connectivity index (χ1n) is 7.86. The number of halogens is 4.